The summed E-state index contributed by atoms with van der Waals surface area (Å²) in [4.78, 5) is 0. The molecule has 20 heavy (non-hydrogen) atoms. The van der Waals surface area contributed by atoms with Gasteiger partial charge in [0.25, 0.3) is 0 Å². The van der Waals surface area contributed by atoms with E-state index in [1.54, 1.807) is 4.68 Å². The second-order valence-corrected chi connectivity index (χ2v) is 6.21. The van der Waals surface area contributed by atoms with Crippen LogP contribution in [0.4, 0.5) is 5.82 Å². The molecule has 0 bridgehead atoms. The molecule has 1 aromatic heterocycles. The molecule has 1 saturated heterocycles. The van der Waals surface area contributed by atoms with E-state index in [1.165, 1.54) is 12.2 Å². The smallest absolute Gasteiger partial charge is 0.121 e. The Morgan fingerprint density at radius 1 is 1.35 bits per heavy atom. The van der Waals surface area contributed by atoms with Gasteiger partial charge in [-0.25, -0.2) is 0 Å². The quantitative estimate of drug-likeness (QED) is 0.944. The fourth-order valence-electron chi connectivity index (χ4n) is 2.32. The maximum Gasteiger partial charge on any atom is 0.121 e. The van der Waals surface area contributed by atoms with Crippen molar-refractivity contribution >= 4 is 17.6 Å². The SMILES string of the molecule is Cn1nc(-c2ccc(OC3CCCSC3)cc2)cc1N. The summed E-state index contributed by atoms with van der Waals surface area (Å²) in [5.41, 5.74) is 7.76. The minimum absolute atomic E-state index is 0.352. The molecule has 1 unspecified atom stereocenters. The molecule has 3 rings (SSSR count). The van der Waals surface area contributed by atoms with Crippen LogP contribution in [0.3, 0.4) is 0 Å². The topological polar surface area (TPSA) is 53.1 Å². The fourth-order valence-corrected chi connectivity index (χ4v) is 3.36. The first-order chi connectivity index (χ1) is 9.72. The summed E-state index contributed by atoms with van der Waals surface area (Å²) in [5.74, 6) is 3.96. The molecule has 1 fully saturated rings. The molecule has 106 valence electrons. The molecule has 2 heterocycles. The summed E-state index contributed by atoms with van der Waals surface area (Å²) < 4.78 is 7.68. The molecule has 5 heteroatoms. The lowest BCUT2D eigenvalue weighted by Crippen LogP contribution is -2.23. The highest BCUT2D eigenvalue weighted by Crippen LogP contribution is 2.26. The van der Waals surface area contributed by atoms with Crippen molar-refractivity contribution in [2.24, 2.45) is 7.05 Å². The van der Waals surface area contributed by atoms with Crippen molar-refractivity contribution in [1.82, 2.24) is 9.78 Å². The van der Waals surface area contributed by atoms with Gasteiger partial charge < -0.3 is 10.5 Å². The summed E-state index contributed by atoms with van der Waals surface area (Å²) in [6, 6.07) is 9.98. The van der Waals surface area contributed by atoms with Gasteiger partial charge in [-0.05, 0) is 42.9 Å². The van der Waals surface area contributed by atoms with Crippen molar-refractivity contribution in [2.45, 2.75) is 18.9 Å². The van der Waals surface area contributed by atoms with Crippen LogP contribution in [0, 0.1) is 0 Å². The highest BCUT2D eigenvalue weighted by atomic mass is 32.2. The Kier molecular flexibility index (Phi) is 3.87. The number of nitrogen functional groups attached to an aromatic ring is 1. The predicted molar refractivity (Wildman–Crippen MR) is 84.0 cm³/mol. The number of hydrogen-bond donors (Lipinski definition) is 1. The lowest BCUT2D eigenvalue weighted by atomic mass is 10.1. The minimum atomic E-state index is 0.352. The zero-order chi connectivity index (χ0) is 13.9. The third-order valence-electron chi connectivity index (χ3n) is 3.49. The molecular weight excluding hydrogens is 270 g/mol. The van der Waals surface area contributed by atoms with E-state index in [9.17, 15) is 0 Å². The highest BCUT2D eigenvalue weighted by molar-refractivity contribution is 7.99. The minimum Gasteiger partial charge on any atom is -0.490 e. The molecule has 0 aliphatic carbocycles. The number of nitrogens with two attached hydrogens (primary N) is 1. The summed E-state index contributed by atoms with van der Waals surface area (Å²) in [5, 5.41) is 4.37. The van der Waals surface area contributed by atoms with Crippen LogP contribution in [0.15, 0.2) is 30.3 Å². The van der Waals surface area contributed by atoms with Crippen molar-refractivity contribution in [2.75, 3.05) is 17.2 Å². The Hall–Kier alpha value is -1.62. The number of thioether (sulfide) groups is 1. The average molecular weight is 289 g/mol. The summed E-state index contributed by atoms with van der Waals surface area (Å²) >= 11 is 1.97. The lowest BCUT2D eigenvalue weighted by molar-refractivity contribution is 0.211. The van der Waals surface area contributed by atoms with Gasteiger partial charge in [0.2, 0.25) is 0 Å². The molecule has 0 radical (unpaired) electrons. The Bertz CT molecular complexity index is 554. The second kappa shape index (κ2) is 5.79. The first kappa shape index (κ1) is 13.4. The molecule has 2 aromatic rings. The molecule has 1 aliphatic heterocycles. The number of aromatic nitrogens is 2. The summed E-state index contributed by atoms with van der Waals surface area (Å²) in [6.45, 7) is 0. The first-order valence-corrected chi connectivity index (χ1v) is 8.02. The van der Waals surface area contributed by atoms with E-state index in [1.807, 2.05) is 49.1 Å². The molecule has 0 amide bonds. The second-order valence-electron chi connectivity index (χ2n) is 5.06. The molecule has 4 nitrogen and oxygen atoms in total. The number of anilines is 1. The third-order valence-corrected chi connectivity index (χ3v) is 4.67. The van der Waals surface area contributed by atoms with E-state index in [-0.39, 0.29) is 0 Å². The van der Waals surface area contributed by atoms with Gasteiger partial charge in [0.1, 0.15) is 17.7 Å². The maximum atomic E-state index is 6.00. The van der Waals surface area contributed by atoms with E-state index >= 15 is 0 Å². The third kappa shape index (κ3) is 2.93. The monoisotopic (exact) mass is 289 g/mol. The lowest BCUT2D eigenvalue weighted by Gasteiger charge is -2.22. The highest BCUT2D eigenvalue weighted by Gasteiger charge is 2.15. The van der Waals surface area contributed by atoms with E-state index in [4.69, 9.17) is 10.5 Å². The van der Waals surface area contributed by atoms with Gasteiger partial charge in [-0.3, -0.25) is 4.68 Å². The predicted octanol–water partition coefficient (Wildman–Crippen LogP) is 2.94. The van der Waals surface area contributed by atoms with Crippen molar-refractivity contribution < 1.29 is 4.74 Å². The van der Waals surface area contributed by atoms with Crippen LogP contribution in [0.1, 0.15) is 12.8 Å². The number of nitrogens with zero attached hydrogens (tertiary/aromatic N) is 2. The standard InChI is InChI=1S/C15H19N3OS/c1-18-15(16)9-14(17-18)11-4-6-12(7-5-11)19-13-3-2-8-20-10-13/h4-7,9,13H,2-3,8,10,16H2,1H3. The number of benzene rings is 1. The Balaban J connectivity index is 1.70. The van der Waals surface area contributed by atoms with E-state index in [0.29, 0.717) is 11.9 Å². The van der Waals surface area contributed by atoms with Gasteiger partial charge in [0.15, 0.2) is 0 Å². The van der Waals surface area contributed by atoms with Gasteiger partial charge in [-0.15, -0.1) is 0 Å². The Labute approximate surface area is 123 Å². The van der Waals surface area contributed by atoms with Crippen LogP contribution in [-0.4, -0.2) is 27.4 Å². The summed E-state index contributed by atoms with van der Waals surface area (Å²) in [6.07, 6.45) is 2.76. The molecular formula is C15H19N3OS. The zero-order valence-corrected chi connectivity index (χ0v) is 12.4. The molecule has 0 saturated carbocycles. The van der Waals surface area contributed by atoms with Crippen LogP contribution in [0.5, 0.6) is 5.75 Å². The fraction of sp³-hybridized carbons (Fsp3) is 0.400. The molecule has 1 aliphatic rings. The first-order valence-electron chi connectivity index (χ1n) is 6.87. The van der Waals surface area contributed by atoms with Crippen molar-refractivity contribution in [3.8, 4) is 17.0 Å². The number of aryl methyl sites for hydroxylation is 1. The van der Waals surface area contributed by atoms with Gasteiger partial charge >= 0.3 is 0 Å². The van der Waals surface area contributed by atoms with Gasteiger partial charge in [0.05, 0.1) is 5.69 Å². The van der Waals surface area contributed by atoms with E-state index in [2.05, 4.69) is 5.10 Å². The van der Waals surface area contributed by atoms with Crippen LogP contribution in [-0.2, 0) is 7.05 Å². The summed E-state index contributed by atoms with van der Waals surface area (Å²) in [7, 11) is 1.84. The van der Waals surface area contributed by atoms with Crippen LogP contribution < -0.4 is 10.5 Å². The zero-order valence-electron chi connectivity index (χ0n) is 11.6. The Morgan fingerprint density at radius 2 is 2.15 bits per heavy atom. The average Bonchev–Trinajstić information content (AvgIpc) is 2.81. The van der Waals surface area contributed by atoms with Crippen molar-refractivity contribution in [3.05, 3.63) is 30.3 Å². The van der Waals surface area contributed by atoms with Gasteiger partial charge in [-0.2, -0.15) is 16.9 Å². The molecule has 2 N–H and O–H groups in total. The van der Waals surface area contributed by atoms with Crippen LogP contribution in [0.25, 0.3) is 11.3 Å². The number of hydrogen-bond acceptors (Lipinski definition) is 4. The maximum absolute atomic E-state index is 6.00. The van der Waals surface area contributed by atoms with Crippen molar-refractivity contribution in [1.29, 1.82) is 0 Å². The van der Waals surface area contributed by atoms with Crippen LogP contribution >= 0.6 is 11.8 Å². The number of rotatable bonds is 3. The largest absolute Gasteiger partial charge is 0.490 e. The van der Waals surface area contributed by atoms with E-state index < -0.39 is 0 Å². The van der Waals surface area contributed by atoms with Gasteiger partial charge in [-0.1, -0.05) is 0 Å². The van der Waals surface area contributed by atoms with E-state index in [0.717, 1.165) is 29.2 Å². The van der Waals surface area contributed by atoms with Crippen LogP contribution in [0.2, 0.25) is 0 Å². The normalized spacial score (nSPS) is 18.9. The van der Waals surface area contributed by atoms with Crippen molar-refractivity contribution in [3.63, 3.8) is 0 Å². The van der Waals surface area contributed by atoms with Gasteiger partial charge in [0, 0.05) is 24.4 Å². The molecule has 1 aromatic carbocycles. The molecule has 1 atom stereocenters. The Morgan fingerprint density at radius 3 is 2.75 bits per heavy atom. The molecule has 0 spiro atoms. The number of ether oxygens (including phenoxy) is 1.